The lowest BCUT2D eigenvalue weighted by atomic mass is 9.95. The Morgan fingerprint density at radius 1 is 0.846 bits per heavy atom. The summed E-state index contributed by atoms with van der Waals surface area (Å²) in [6.45, 7) is 3.92. The van der Waals surface area contributed by atoms with Crippen molar-refractivity contribution in [1.29, 1.82) is 0 Å². The molecule has 1 aromatic carbocycles. The molecule has 1 saturated heterocycles. The number of benzene rings is 1. The second kappa shape index (κ2) is 6.05. The van der Waals surface area contributed by atoms with E-state index in [-0.39, 0.29) is 0 Å². The van der Waals surface area contributed by atoms with Gasteiger partial charge in [0.05, 0.1) is 5.69 Å². The fraction of sp³-hybridized carbons (Fsp3) is 0.300. The highest BCUT2D eigenvalue weighted by Crippen LogP contribution is 2.32. The third-order valence-corrected chi connectivity index (χ3v) is 5.35. The van der Waals surface area contributed by atoms with Gasteiger partial charge in [0.15, 0.2) is 11.5 Å². The number of nitrogens with zero attached hydrogens (tertiary/aromatic N) is 6. The fourth-order valence-electron chi connectivity index (χ4n) is 3.95. The number of rotatable bonds is 2. The van der Waals surface area contributed by atoms with Gasteiger partial charge in [0.1, 0.15) is 5.82 Å². The van der Waals surface area contributed by atoms with Gasteiger partial charge >= 0.3 is 0 Å². The normalized spacial score (nSPS) is 15.8. The zero-order valence-electron chi connectivity index (χ0n) is 14.7. The first-order valence-electron chi connectivity index (χ1n) is 9.08. The zero-order valence-corrected chi connectivity index (χ0v) is 14.7. The van der Waals surface area contributed by atoms with Gasteiger partial charge in [0, 0.05) is 36.0 Å². The van der Waals surface area contributed by atoms with Crippen LogP contribution in [-0.4, -0.2) is 37.9 Å². The molecule has 4 aromatic rings. The number of anilines is 1. The molecular weight excluding hydrogens is 324 g/mol. The van der Waals surface area contributed by atoms with E-state index in [1.54, 1.807) is 0 Å². The molecule has 0 amide bonds. The van der Waals surface area contributed by atoms with E-state index < -0.39 is 0 Å². The standard InChI is InChI=1S/C20H20N6/c1-14-16-6-2-3-7-17(16)20(24-21-14)25-12-9-15(10-13-25)19-23-22-18-8-4-5-11-26(18)19/h2-8,11,15H,9-10,12-13H2,1H3. The maximum atomic E-state index is 4.51. The van der Waals surface area contributed by atoms with Crippen LogP contribution < -0.4 is 4.90 Å². The number of hydrogen-bond donors (Lipinski definition) is 0. The van der Waals surface area contributed by atoms with Crippen LogP contribution in [0.15, 0.2) is 48.7 Å². The summed E-state index contributed by atoms with van der Waals surface area (Å²) in [5, 5.41) is 20.0. The molecule has 6 heteroatoms. The molecular formula is C20H20N6. The minimum absolute atomic E-state index is 0.424. The largest absolute Gasteiger partial charge is 0.355 e. The van der Waals surface area contributed by atoms with Gasteiger partial charge in [-0.2, -0.15) is 5.10 Å². The summed E-state index contributed by atoms with van der Waals surface area (Å²) in [7, 11) is 0. The van der Waals surface area contributed by atoms with Crippen molar-refractivity contribution in [2.75, 3.05) is 18.0 Å². The van der Waals surface area contributed by atoms with Gasteiger partial charge in [0.2, 0.25) is 0 Å². The molecule has 0 N–H and O–H groups in total. The first-order valence-corrected chi connectivity index (χ1v) is 9.08. The van der Waals surface area contributed by atoms with Gasteiger partial charge in [-0.05, 0) is 31.9 Å². The number of aromatic nitrogens is 5. The molecule has 4 heterocycles. The molecule has 6 nitrogen and oxygen atoms in total. The second-order valence-electron chi connectivity index (χ2n) is 6.90. The van der Waals surface area contributed by atoms with Gasteiger partial charge in [0.25, 0.3) is 0 Å². The first-order chi connectivity index (χ1) is 12.8. The van der Waals surface area contributed by atoms with Crippen LogP contribution >= 0.6 is 0 Å². The molecule has 1 fully saturated rings. The van der Waals surface area contributed by atoms with Crippen molar-refractivity contribution in [2.24, 2.45) is 0 Å². The SMILES string of the molecule is Cc1nnc(N2CCC(c3nnc4ccccn34)CC2)c2ccccc12. The van der Waals surface area contributed by atoms with Crippen molar-refractivity contribution in [3.63, 3.8) is 0 Å². The summed E-state index contributed by atoms with van der Waals surface area (Å²) >= 11 is 0. The van der Waals surface area contributed by atoms with Crippen LogP contribution in [0.3, 0.4) is 0 Å². The Morgan fingerprint density at radius 3 is 2.46 bits per heavy atom. The van der Waals surface area contributed by atoms with E-state index in [0.29, 0.717) is 5.92 Å². The Hall–Kier alpha value is -3.02. The zero-order chi connectivity index (χ0) is 17.5. The molecule has 1 aliphatic heterocycles. The van der Waals surface area contributed by atoms with Crippen molar-refractivity contribution in [3.05, 3.63) is 60.2 Å². The molecule has 0 atom stereocenters. The average Bonchev–Trinajstić information content (AvgIpc) is 3.13. The molecule has 5 rings (SSSR count). The summed E-state index contributed by atoms with van der Waals surface area (Å²) in [5.41, 5.74) is 1.90. The van der Waals surface area contributed by atoms with Gasteiger partial charge < -0.3 is 4.90 Å². The lowest BCUT2D eigenvalue weighted by molar-refractivity contribution is 0.480. The molecule has 0 bridgehead atoms. The number of piperidine rings is 1. The van der Waals surface area contributed by atoms with E-state index in [2.05, 4.69) is 60.2 Å². The molecule has 3 aromatic heterocycles. The highest BCUT2D eigenvalue weighted by molar-refractivity contribution is 5.93. The topological polar surface area (TPSA) is 59.2 Å². The summed E-state index contributed by atoms with van der Waals surface area (Å²) < 4.78 is 2.11. The van der Waals surface area contributed by atoms with E-state index in [0.717, 1.165) is 48.9 Å². The van der Waals surface area contributed by atoms with Crippen LogP contribution in [0.1, 0.15) is 30.3 Å². The van der Waals surface area contributed by atoms with Crippen molar-refractivity contribution in [3.8, 4) is 0 Å². The molecule has 26 heavy (non-hydrogen) atoms. The maximum Gasteiger partial charge on any atom is 0.160 e. The second-order valence-corrected chi connectivity index (χ2v) is 6.90. The lowest BCUT2D eigenvalue weighted by Crippen LogP contribution is -2.34. The first kappa shape index (κ1) is 15.3. The van der Waals surface area contributed by atoms with Gasteiger partial charge in [-0.1, -0.05) is 30.3 Å². The smallest absolute Gasteiger partial charge is 0.160 e. The predicted molar refractivity (Wildman–Crippen MR) is 101 cm³/mol. The van der Waals surface area contributed by atoms with Crippen LogP contribution in [0.4, 0.5) is 5.82 Å². The Labute approximate surface area is 151 Å². The molecule has 0 aliphatic carbocycles. The molecule has 130 valence electrons. The molecule has 0 unspecified atom stereocenters. The highest BCUT2D eigenvalue weighted by Gasteiger charge is 2.26. The lowest BCUT2D eigenvalue weighted by Gasteiger charge is -2.32. The Morgan fingerprint density at radius 2 is 1.62 bits per heavy atom. The number of pyridine rings is 1. The number of fused-ring (bicyclic) bond motifs is 2. The Bertz CT molecular complexity index is 1080. The van der Waals surface area contributed by atoms with Crippen LogP contribution in [0.25, 0.3) is 16.4 Å². The third-order valence-electron chi connectivity index (χ3n) is 5.35. The monoisotopic (exact) mass is 344 g/mol. The summed E-state index contributed by atoms with van der Waals surface area (Å²) in [5.74, 6) is 2.49. The van der Waals surface area contributed by atoms with Crippen LogP contribution in [0, 0.1) is 6.92 Å². The van der Waals surface area contributed by atoms with Crippen molar-refractivity contribution < 1.29 is 0 Å². The molecule has 0 saturated carbocycles. The van der Waals surface area contributed by atoms with E-state index in [4.69, 9.17) is 0 Å². The van der Waals surface area contributed by atoms with Crippen molar-refractivity contribution in [2.45, 2.75) is 25.7 Å². The van der Waals surface area contributed by atoms with Crippen LogP contribution in [0.2, 0.25) is 0 Å². The Balaban J connectivity index is 1.42. The summed E-state index contributed by atoms with van der Waals surface area (Å²) in [6, 6.07) is 14.4. The fourth-order valence-corrected chi connectivity index (χ4v) is 3.95. The molecule has 0 radical (unpaired) electrons. The minimum atomic E-state index is 0.424. The summed E-state index contributed by atoms with van der Waals surface area (Å²) in [4.78, 5) is 2.36. The van der Waals surface area contributed by atoms with Gasteiger partial charge in [-0.3, -0.25) is 4.40 Å². The van der Waals surface area contributed by atoms with Gasteiger partial charge in [-0.25, -0.2) is 0 Å². The highest BCUT2D eigenvalue weighted by atomic mass is 15.3. The van der Waals surface area contributed by atoms with Crippen molar-refractivity contribution in [1.82, 2.24) is 24.8 Å². The predicted octanol–water partition coefficient (Wildman–Crippen LogP) is 3.36. The maximum absolute atomic E-state index is 4.51. The average molecular weight is 344 g/mol. The molecule has 0 spiro atoms. The number of hydrogen-bond acceptors (Lipinski definition) is 5. The Kier molecular flexibility index (Phi) is 3.55. The van der Waals surface area contributed by atoms with Crippen molar-refractivity contribution >= 4 is 22.2 Å². The summed E-state index contributed by atoms with van der Waals surface area (Å²) in [6.07, 6.45) is 4.13. The quantitative estimate of drug-likeness (QED) is 0.558. The van der Waals surface area contributed by atoms with E-state index >= 15 is 0 Å². The van der Waals surface area contributed by atoms with Crippen LogP contribution in [-0.2, 0) is 0 Å². The van der Waals surface area contributed by atoms with E-state index in [9.17, 15) is 0 Å². The molecule has 1 aliphatic rings. The van der Waals surface area contributed by atoms with Gasteiger partial charge in [-0.15, -0.1) is 15.3 Å². The van der Waals surface area contributed by atoms with E-state index in [1.807, 2.05) is 25.1 Å². The van der Waals surface area contributed by atoms with E-state index in [1.165, 1.54) is 10.8 Å². The third kappa shape index (κ3) is 2.41. The van der Waals surface area contributed by atoms with Crippen LogP contribution in [0.5, 0.6) is 0 Å². The number of aryl methyl sites for hydroxylation is 1. The minimum Gasteiger partial charge on any atom is -0.355 e.